The lowest BCUT2D eigenvalue weighted by atomic mass is 10.1. The molecular formula is C13H14Cl2FN3. The first kappa shape index (κ1) is 14.3. The molecule has 0 radical (unpaired) electrons. The molecule has 0 saturated heterocycles. The summed E-state index contributed by atoms with van der Waals surface area (Å²) in [5, 5.41) is 8.36. The van der Waals surface area contributed by atoms with Crippen LogP contribution in [0.1, 0.15) is 19.7 Å². The van der Waals surface area contributed by atoms with Crippen LogP contribution in [-0.2, 0) is 12.4 Å². The number of rotatable bonds is 4. The van der Waals surface area contributed by atoms with E-state index in [0.29, 0.717) is 29.1 Å². The van der Waals surface area contributed by atoms with Crippen LogP contribution in [0.2, 0.25) is 5.02 Å². The van der Waals surface area contributed by atoms with Gasteiger partial charge in [0, 0.05) is 6.54 Å². The van der Waals surface area contributed by atoms with Gasteiger partial charge < -0.3 is 4.57 Å². The minimum absolute atomic E-state index is 0.228. The van der Waals surface area contributed by atoms with Crippen molar-refractivity contribution in [3.63, 3.8) is 0 Å². The van der Waals surface area contributed by atoms with Crippen LogP contribution in [0.3, 0.4) is 0 Å². The van der Waals surface area contributed by atoms with E-state index in [-0.39, 0.29) is 11.4 Å². The zero-order chi connectivity index (χ0) is 14.0. The van der Waals surface area contributed by atoms with E-state index < -0.39 is 5.82 Å². The van der Waals surface area contributed by atoms with E-state index in [1.54, 1.807) is 12.1 Å². The third-order valence-corrected chi connectivity index (χ3v) is 3.24. The summed E-state index contributed by atoms with van der Waals surface area (Å²) in [4.78, 5) is 0. The molecule has 0 N–H and O–H groups in total. The second kappa shape index (κ2) is 5.88. The van der Waals surface area contributed by atoms with Crippen LogP contribution in [0.15, 0.2) is 18.2 Å². The van der Waals surface area contributed by atoms with Gasteiger partial charge in [0.25, 0.3) is 0 Å². The molecule has 2 aromatic rings. The van der Waals surface area contributed by atoms with Crippen molar-refractivity contribution in [2.45, 2.75) is 26.3 Å². The monoisotopic (exact) mass is 301 g/mol. The molecule has 0 aliphatic heterocycles. The van der Waals surface area contributed by atoms with Crippen molar-refractivity contribution >= 4 is 23.2 Å². The summed E-state index contributed by atoms with van der Waals surface area (Å²) >= 11 is 11.9. The molecule has 3 nitrogen and oxygen atoms in total. The molecule has 0 fully saturated rings. The molecule has 19 heavy (non-hydrogen) atoms. The van der Waals surface area contributed by atoms with E-state index in [2.05, 4.69) is 24.0 Å². The van der Waals surface area contributed by atoms with Gasteiger partial charge in [0.15, 0.2) is 5.82 Å². The lowest BCUT2D eigenvalue weighted by Crippen LogP contribution is -2.10. The van der Waals surface area contributed by atoms with Gasteiger partial charge in [-0.2, -0.15) is 0 Å². The van der Waals surface area contributed by atoms with Crippen molar-refractivity contribution in [1.82, 2.24) is 14.8 Å². The standard InChI is InChI=1S/C13H14Cl2FN3/c1-8(2)7-19-11(6-14)17-18-13(19)12-9(15)4-3-5-10(12)16/h3-5,8H,6-7H2,1-2H3. The maximum absolute atomic E-state index is 14.0. The van der Waals surface area contributed by atoms with Crippen molar-refractivity contribution in [1.29, 1.82) is 0 Å². The zero-order valence-electron chi connectivity index (χ0n) is 10.7. The molecule has 0 unspecified atom stereocenters. The Morgan fingerprint density at radius 2 is 2.05 bits per heavy atom. The third-order valence-electron chi connectivity index (χ3n) is 2.68. The van der Waals surface area contributed by atoms with E-state index >= 15 is 0 Å². The molecule has 0 amide bonds. The molecule has 0 bridgehead atoms. The Kier molecular flexibility index (Phi) is 4.42. The lowest BCUT2D eigenvalue weighted by molar-refractivity contribution is 0.514. The van der Waals surface area contributed by atoms with Gasteiger partial charge in [0.05, 0.1) is 16.5 Å². The fourth-order valence-electron chi connectivity index (χ4n) is 1.89. The Morgan fingerprint density at radius 1 is 1.32 bits per heavy atom. The summed E-state index contributed by atoms with van der Waals surface area (Å²) in [7, 11) is 0. The molecule has 0 aliphatic rings. The average Bonchev–Trinajstić information content (AvgIpc) is 2.71. The van der Waals surface area contributed by atoms with Crippen molar-refractivity contribution < 1.29 is 4.39 Å². The SMILES string of the molecule is CC(C)Cn1c(CCl)nnc1-c1c(F)cccc1Cl. The van der Waals surface area contributed by atoms with Crippen LogP contribution < -0.4 is 0 Å². The van der Waals surface area contributed by atoms with E-state index in [4.69, 9.17) is 23.2 Å². The fraction of sp³-hybridized carbons (Fsp3) is 0.385. The molecule has 0 saturated carbocycles. The highest BCUT2D eigenvalue weighted by Crippen LogP contribution is 2.30. The van der Waals surface area contributed by atoms with Gasteiger partial charge in [-0.15, -0.1) is 21.8 Å². The smallest absolute Gasteiger partial charge is 0.168 e. The number of benzene rings is 1. The van der Waals surface area contributed by atoms with Crippen LogP contribution in [0, 0.1) is 11.7 Å². The minimum Gasteiger partial charge on any atom is -0.310 e. The van der Waals surface area contributed by atoms with Crippen molar-refractivity contribution in [3.8, 4) is 11.4 Å². The van der Waals surface area contributed by atoms with E-state index in [1.165, 1.54) is 6.07 Å². The molecule has 1 heterocycles. The van der Waals surface area contributed by atoms with Crippen LogP contribution in [0.5, 0.6) is 0 Å². The quantitative estimate of drug-likeness (QED) is 0.795. The Morgan fingerprint density at radius 3 is 2.63 bits per heavy atom. The fourth-order valence-corrected chi connectivity index (χ4v) is 2.33. The van der Waals surface area contributed by atoms with Crippen molar-refractivity contribution in [2.24, 2.45) is 5.92 Å². The summed E-state index contributed by atoms with van der Waals surface area (Å²) in [5.41, 5.74) is 0.272. The lowest BCUT2D eigenvalue weighted by Gasteiger charge is -2.13. The number of alkyl halides is 1. The summed E-state index contributed by atoms with van der Waals surface area (Å²) in [6.45, 7) is 4.78. The highest BCUT2D eigenvalue weighted by Gasteiger charge is 2.19. The zero-order valence-corrected chi connectivity index (χ0v) is 12.2. The summed E-state index contributed by atoms with van der Waals surface area (Å²) in [5.74, 6) is 1.22. The molecular weight excluding hydrogens is 288 g/mol. The van der Waals surface area contributed by atoms with Gasteiger partial charge >= 0.3 is 0 Å². The van der Waals surface area contributed by atoms with Gasteiger partial charge in [-0.25, -0.2) is 4.39 Å². The second-order valence-electron chi connectivity index (χ2n) is 4.67. The van der Waals surface area contributed by atoms with Gasteiger partial charge in [-0.3, -0.25) is 0 Å². The molecule has 2 rings (SSSR count). The first-order valence-corrected chi connectivity index (χ1v) is 6.88. The molecule has 0 aliphatic carbocycles. The van der Waals surface area contributed by atoms with E-state index in [1.807, 2.05) is 4.57 Å². The molecule has 102 valence electrons. The minimum atomic E-state index is -0.411. The van der Waals surface area contributed by atoms with Crippen LogP contribution >= 0.6 is 23.2 Å². The van der Waals surface area contributed by atoms with Gasteiger partial charge in [-0.1, -0.05) is 31.5 Å². The summed E-state index contributed by atoms with van der Waals surface area (Å²) in [6, 6.07) is 4.55. The van der Waals surface area contributed by atoms with Crippen LogP contribution in [-0.4, -0.2) is 14.8 Å². The van der Waals surface area contributed by atoms with Crippen molar-refractivity contribution in [3.05, 3.63) is 34.9 Å². The Hall–Kier alpha value is -1.13. The van der Waals surface area contributed by atoms with Crippen molar-refractivity contribution in [2.75, 3.05) is 0 Å². The number of hydrogen-bond donors (Lipinski definition) is 0. The number of hydrogen-bond acceptors (Lipinski definition) is 2. The Balaban J connectivity index is 2.59. The summed E-state index contributed by atoms with van der Waals surface area (Å²) in [6.07, 6.45) is 0. The highest BCUT2D eigenvalue weighted by molar-refractivity contribution is 6.33. The maximum Gasteiger partial charge on any atom is 0.168 e. The van der Waals surface area contributed by atoms with E-state index in [9.17, 15) is 4.39 Å². The van der Waals surface area contributed by atoms with E-state index in [0.717, 1.165) is 0 Å². The predicted molar refractivity (Wildman–Crippen MR) is 74.8 cm³/mol. The van der Waals surface area contributed by atoms with Gasteiger partial charge in [-0.05, 0) is 18.1 Å². The van der Waals surface area contributed by atoms with Gasteiger partial charge in [0.1, 0.15) is 11.6 Å². The predicted octanol–water partition coefficient (Wildman–Crippen LogP) is 4.13. The molecule has 0 spiro atoms. The first-order valence-electron chi connectivity index (χ1n) is 5.97. The molecule has 0 atom stereocenters. The first-order chi connectivity index (χ1) is 9.04. The normalized spacial score (nSPS) is 11.3. The maximum atomic E-state index is 14.0. The topological polar surface area (TPSA) is 30.7 Å². The second-order valence-corrected chi connectivity index (χ2v) is 5.35. The average molecular weight is 302 g/mol. The van der Waals surface area contributed by atoms with Gasteiger partial charge in [0.2, 0.25) is 0 Å². The highest BCUT2D eigenvalue weighted by atomic mass is 35.5. The number of nitrogens with zero attached hydrogens (tertiary/aromatic N) is 3. The summed E-state index contributed by atoms with van der Waals surface area (Å²) < 4.78 is 15.8. The van der Waals surface area contributed by atoms with Crippen LogP contribution in [0.4, 0.5) is 4.39 Å². The third kappa shape index (κ3) is 2.90. The van der Waals surface area contributed by atoms with Crippen LogP contribution in [0.25, 0.3) is 11.4 Å². The molecule has 1 aromatic heterocycles. The molecule has 6 heteroatoms. The molecule has 1 aromatic carbocycles. The number of halogens is 3. The largest absolute Gasteiger partial charge is 0.310 e. The Bertz CT molecular complexity index is 561. The Labute approximate surface area is 121 Å². The number of aromatic nitrogens is 3.